The SMILES string of the molecule is CC(C)(COc1cc2c(cc1C(F)(F)F)N(C1CCC(F)(F)CC1)C[C@H](CCC(F)(F)F)[C@H](F)S2(=O)=O)C(=O)O. The van der Waals surface area contributed by atoms with Gasteiger partial charge in [0.1, 0.15) is 12.4 Å². The van der Waals surface area contributed by atoms with Crippen molar-refractivity contribution in [1.82, 2.24) is 0 Å². The molecule has 228 valence electrons. The maximum atomic E-state index is 15.5. The van der Waals surface area contributed by atoms with E-state index in [0.717, 1.165) is 18.7 Å². The number of carboxylic acids is 1. The van der Waals surface area contributed by atoms with E-state index in [4.69, 9.17) is 4.74 Å². The molecular formula is C24H28F9NO5S. The highest BCUT2D eigenvalue weighted by atomic mass is 32.2. The van der Waals surface area contributed by atoms with E-state index < -0.39 is 118 Å². The van der Waals surface area contributed by atoms with Gasteiger partial charge >= 0.3 is 18.3 Å². The summed E-state index contributed by atoms with van der Waals surface area (Å²) in [5, 5.41) is 9.26. The van der Waals surface area contributed by atoms with Gasteiger partial charge in [-0.15, -0.1) is 0 Å². The molecule has 1 saturated carbocycles. The number of ether oxygens (including phenoxy) is 1. The van der Waals surface area contributed by atoms with Crippen LogP contribution in [-0.2, 0) is 20.8 Å². The number of rotatable bonds is 7. The number of hydrogen-bond donors (Lipinski definition) is 1. The maximum Gasteiger partial charge on any atom is 0.420 e. The first-order valence-electron chi connectivity index (χ1n) is 12.3. The van der Waals surface area contributed by atoms with Gasteiger partial charge in [0.2, 0.25) is 21.3 Å². The van der Waals surface area contributed by atoms with Gasteiger partial charge in [-0.2, -0.15) is 26.3 Å². The van der Waals surface area contributed by atoms with Gasteiger partial charge in [-0.05, 0) is 39.2 Å². The van der Waals surface area contributed by atoms with Gasteiger partial charge in [0, 0.05) is 43.8 Å². The lowest BCUT2D eigenvalue weighted by Crippen LogP contribution is -2.44. The molecule has 16 heteroatoms. The Kier molecular flexibility index (Phi) is 8.66. The number of fused-ring (bicyclic) bond motifs is 1. The van der Waals surface area contributed by atoms with E-state index >= 15 is 4.39 Å². The molecule has 2 aliphatic rings. The van der Waals surface area contributed by atoms with Gasteiger partial charge in [0.05, 0.1) is 21.6 Å². The molecule has 0 bridgehead atoms. The molecule has 1 heterocycles. The largest absolute Gasteiger partial charge is 0.492 e. The summed E-state index contributed by atoms with van der Waals surface area (Å²) in [6, 6.07) is -0.276. The van der Waals surface area contributed by atoms with Crippen LogP contribution in [0.3, 0.4) is 0 Å². The van der Waals surface area contributed by atoms with E-state index in [0.29, 0.717) is 12.1 Å². The lowest BCUT2D eigenvalue weighted by atomic mass is 9.89. The Morgan fingerprint density at radius 1 is 1.10 bits per heavy atom. The summed E-state index contributed by atoms with van der Waals surface area (Å²) in [6.07, 6.45) is -14.7. The van der Waals surface area contributed by atoms with Crippen molar-refractivity contribution < 1.29 is 62.6 Å². The second-order valence-corrected chi connectivity index (χ2v) is 12.8. The minimum Gasteiger partial charge on any atom is -0.492 e. The minimum absolute atomic E-state index is 0.332. The molecule has 0 unspecified atom stereocenters. The summed E-state index contributed by atoms with van der Waals surface area (Å²) in [5.41, 5.74) is -6.91. The number of halogens is 9. The van der Waals surface area contributed by atoms with E-state index in [1.165, 1.54) is 0 Å². The van der Waals surface area contributed by atoms with Gasteiger partial charge in [-0.3, -0.25) is 4.79 Å². The summed E-state index contributed by atoms with van der Waals surface area (Å²) in [4.78, 5) is 11.4. The number of anilines is 1. The van der Waals surface area contributed by atoms with Crippen LogP contribution in [0.2, 0.25) is 0 Å². The molecule has 0 radical (unpaired) electrons. The third-order valence-electron chi connectivity index (χ3n) is 7.17. The molecule has 40 heavy (non-hydrogen) atoms. The number of carboxylic acid groups (broad SMARTS) is 1. The monoisotopic (exact) mass is 613 g/mol. The highest BCUT2D eigenvalue weighted by Gasteiger charge is 2.48. The fourth-order valence-corrected chi connectivity index (χ4v) is 6.44. The first-order chi connectivity index (χ1) is 18.1. The van der Waals surface area contributed by atoms with E-state index in [1.54, 1.807) is 0 Å². The predicted molar refractivity (Wildman–Crippen MR) is 124 cm³/mol. The number of alkyl halides is 9. The number of carbonyl (C=O) groups is 1. The van der Waals surface area contributed by atoms with Gasteiger partial charge in [0.15, 0.2) is 0 Å². The molecule has 3 rings (SSSR count). The topological polar surface area (TPSA) is 83.9 Å². The van der Waals surface area contributed by atoms with Crippen LogP contribution in [0.15, 0.2) is 17.0 Å². The molecule has 1 aliphatic heterocycles. The molecule has 0 aromatic heterocycles. The zero-order valence-corrected chi connectivity index (χ0v) is 22.2. The first kappa shape index (κ1) is 32.1. The van der Waals surface area contributed by atoms with Gasteiger partial charge < -0.3 is 14.7 Å². The van der Waals surface area contributed by atoms with Crippen molar-refractivity contribution in [1.29, 1.82) is 0 Å². The second-order valence-electron chi connectivity index (χ2n) is 10.8. The van der Waals surface area contributed by atoms with Gasteiger partial charge in [-0.1, -0.05) is 0 Å². The average Bonchev–Trinajstić information content (AvgIpc) is 2.88. The highest BCUT2D eigenvalue weighted by molar-refractivity contribution is 7.92. The Morgan fingerprint density at radius 2 is 1.68 bits per heavy atom. The fraction of sp³-hybridized carbons (Fsp3) is 0.708. The molecule has 2 atom stereocenters. The van der Waals surface area contributed by atoms with E-state index in [1.807, 2.05) is 0 Å². The quantitative estimate of drug-likeness (QED) is 0.348. The van der Waals surface area contributed by atoms with Crippen LogP contribution in [0.25, 0.3) is 0 Å². The molecule has 1 aliphatic carbocycles. The van der Waals surface area contributed by atoms with Crippen molar-refractivity contribution in [3.05, 3.63) is 17.7 Å². The smallest absolute Gasteiger partial charge is 0.420 e. The first-order valence-corrected chi connectivity index (χ1v) is 13.8. The Labute approximate surface area is 224 Å². The van der Waals surface area contributed by atoms with Crippen LogP contribution < -0.4 is 9.64 Å². The van der Waals surface area contributed by atoms with Crippen molar-refractivity contribution in [2.75, 3.05) is 18.1 Å². The highest BCUT2D eigenvalue weighted by Crippen LogP contribution is 2.48. The summed E-state index contributed by atoms with van der Waals surface area (Å²) in [6.45, 7) is 0.653. The lowest BCUT2D eigenvalue weighted by molar-refractivity contribution is -0.148. The Morgan fingerprint density at radius 3 is 2.17 bits per heavy atom. The predicted octanol–water partition coefficient (Wildman–Crippen LogP) is 6.62. The molecule has 1 fully saturated rings. The molecule has 6 nitrogen and oxygen atoms in total. The summed E-state index contributed by atoms with van der Waals surface area (Å²) >= 11 is 0. The Balaban J connectivity index is 2.19. The van der Waals surface area contributed by atoms with Gasteiger partial charge in [0.25, 0.3) is 0 Å². The zero-order chi connectivity index (χ0) is 30.5. The summed E-state index contributed by atoms with van der Waals surface area (Å²) in [5.74, 6) is -7.51. The molecule has 1 aromatic carbocycles. The van der Waals surface area contributed by atoms with Crippen LogP contribution >= 0.6 is 0 Å². The zero-order valence-electron chi connectivity index (χ0n) is 21.4. The standard InChI is InChI=1S/C24H28F9NO5S/c1-21(2,20(35)36)12-39-17-10-18-16(9-15(17)24(31,32)33)34(14-4-6-22(26,27)7-5-14)11-13(3-8-23(28,29)30)19(25)40(18,37)38/h9-10,13-14,19H,3-8,11-12H2,1-2H3,(H,35,36)/t13-,19+/m0/s1. The summed E-state index contributed by atoms with van der Waals surface area (Å²) < 4.78 is 156. The number of aliphatic carboxylic acids is 1. The van der Waals surface area contributed by atoms with Crippen molar-refractivity contribution in [3.63, 3.8) is 0 Å². The minimum atomic E-state index is -5.21. The third-order valence-corrected chi connectivity index (χ3v) is 9.09. The molecule has 1 aromatic rings. The van der Waals surface area contributed by atoms with Crippen LogP contribution in [0.5, 0.6) is 5.75 Å². The molecule has 1 N–H and O–H groups in total. The van der Waals surface area contributed by atoms with E-state index in [-0.39, 0.29) is 12.8 Å². The number of sulfone groups is 1. The Bertz CT molecular complexity index is 1200. The van der Waals surface area contributed by atoms with Crippen LogP contribution in [0.1, 0.15) is 57.9 Å². The number of nitrogens with zero attached hydrogens (tertiary/aromatic N) is 1. The fourth-order valence-electron chi connectivity index (χ4n) is 4.73. The average molecular weight is 614 g/mol. The van der Waals surface area contributed by atoms with Crippen LogP contribution in [0.4, 0.5) is 45.2 Å². The summed E-state index contributed by atoms with van der Waals surface area (Å²) in [7, 11) is -5.21. The number of hydrogen-bond acceptors (Lipinski definition) is 5. The van der Waals surface area contributed by atoms with Crippen molar-refractivity contribution >= 4 is 21.5 Å². The van der Waals surface area contributed by atoms with Crippen molar-refractivity contribution in [2.45, 2.75) is 87.1 Å². The molecular weight excluding hydrogens is 585 g/mol. The Hall–Kier alpha value is -2.39. The van der Waals surface area contributed by atoms with E-state index in [2.05, 4.69) is 0 Å². The van der Waals surface area contributed by atoms with Crippen molar-refractivity contribution in [2.24, 2.45) is 11.3 Å². The second kappa shape index (κ2) is 10.8. The number of benzene rings is 1. The van der Waals surface area contributed by atoms with Gasteiger partial charge in [-0.25, -0.2) is 21.6 Å². The maximum absolute atomic E-state index is 15.5. The van der Waals surface area contributed by atoms with E-state index in [9.17, 15) is 53.4 Å². The molecule has 0 amide bonds. The van der Waals surface area contributed by atoms with Crippen molar-refractivity contribution in [3.8, 4) is 5.75 Å². The molecule has 0 saturated heterocycles. The van der Waals surface area contributed by atoms with Crippen LogP contribution in [0, 0.1) is 11.3 Å². The third kappa shape index (κ3) is 7.08. The normalized spacial score (nSPS) is 23.8. The molecule has 0 spiro atoms. The lowest BCUT2D eigenvalue weighted by Gasteiger charge is -2.39. The van der Waals surface area contributed by atoms with Crippen LogP contribution in [-0.4, -0.2) is 56.3 Å².